The lowest BCUT2D eigenvalue weighted by Crippen LogP contribution is -2.28. The fraction of sp³-hybridized carbons (Fsp3) is 0.150. The number of hydrogen-bond acceptors (Lipinski definition) is 4. The molecule has 3 N–H and O–H groups in total. The van der Waals surface area contributed by atoms with E-state index in [9.17, 15) is 9.90 Å². The van der Waals surface area contributed by atoms with Crippen molar-refractivity contribution in [3.05, 3.63) is 65.9 Å². The average Bonchev–Trinajstić information content (AvgIpc) is 2.61. The van der Waals surface area contributed by atoms with E-state index < -0.39 is 0 Å². The molecule has 6 nitrogen and oxygen atoms in total. The minimum Gasteiger partial charge on any atom is -0.508 e. The third-order valence-electron chi connectivity index (χ3n) is 4.04. The van der Waals surface area contributed by atoms with Crippen LogP contribution in [0.2, 0.25) is 0 Å². The van der Waals surface area contributed by atoms with Crippen LogP contribution in [0.3, 0.4) is 0 Å². The van der Waals surface area contributed by atoms with Crippen molar-refractivity contribution in [1.82, 2.24) is 5.43 Å². The smallest absolute Gasteiger partial charge is 0.221 e. The summed E-state index contributed by atoms with van der Waals surface area (Å²) in [5, 5.41) is 18.1. The van der Waals surface area contributed by atoms with Crippen LogP contribution < -0.4 is 15.3 Å². The van der Waals surface area contributed by atoms with Gasteiger partial charge in [-0.2, -0.15) is 5.10 Å². The molecule has 132 valence electrons. The predicted molar refractivity (Wildman–Crippen MR) is 102 cm³/mol. The number of hydrazone groups is 1. The number of fused-ring (bicyclic) bond motifs is 1. The van der Waals surface area contributed by atoms with E-state index in [0.29, 0.717) is 17.8 Å². The molecule has 0 saturated heterocycles. The lowest BCUT2D eigenvalue weighted by Gasteiger charge is -2.07. The van der Waals surface area contributed by atoms with Crippen LogP contribution in [0.15, 0.2) is 59.8 Å². The number of anilines is 1. The maximum absolute atomic E-state index is 11.0. The molecule has 0 aliphatic carbocycles. The van der Waals surface area contributed by atoms with Crippen LogP contribution in [-0.2, 0) is 18.4 Å². The SMILES string of the molecule is CC(=O)Nc1ccc(CN/N=C\c2cc[n+](C)c3ccccc23)c(O)c1. The summed E-state index contributed by atoms with van der Waals surface area (Å²) in [4.78, 5) is 11.0. The molecule has 0 fully saturated rings. The van der Waals surface area contributed by atoms with Gasteiger partial charge in [0.1, 0.15) is 12.8 Å². The van der Waals surface area contributed by atoms with Gasteiger partial charge in [0.05, 0.1) is 18.1 Å². The first-order chi connectivity index (χ1) is 12.5. The number of phenols is 1. The predicted octanol–water partition coefficient (Wildman–Crippen LogP) is 2.45. The average molecular weight is 349 g/mol. The Kier molecular flexibility index (Phi) is 5.12. The highest BCUT2D eigenvalue weighted by atomic mass is 16.3. The van der Waals surface area contributed by atoms with Crippen LogP contribution in [0.4, 0.5) is 5.69 Å². The first-order valence-electron chi connectivity index (χ1n) is 8.27. The van der Waals surface area contributed by atoms with E-state index in [1.165, 1.54) is 13.0 Å². The maximum atomic E-state index is 11.0. The Labute approximate surface area is 151 Å². The van der Waals surface area contributed by atoms with Crippen molar-refractivity contribution in [2.24, 2.45) is 12.1 Å². The quantitative estimate of drug-likeness (QED) is 0.376. The summed E-state index contributed by atoms with van der Waals surface area (Å²) in [7, 11) is 2.01. The highest BCUT2D eigenvalue weighted by Crippen LogP contribution is 2.21. The Hall–Kier alpha value is -3.41. The van der Waals surface area contributed by atoms with Crippen molar-refractivity contribution in [1.29, 1.82) is 0 Å². The zero-order valence-corrected chi connectivity index (χ0v) is 14.7. The summed E-state index contributed by atoms with van der Waals surface area (Å²) in [6.07, 6.45) is 3.77. The molecule has 0 bridgehead atoms. The number of benzene rings is 2. The lowest BCUT2D eigenvalue weighted by molar-refractivity contribution is -0.644. The number of aryl methyl sites for hydroxylation is 1. The molecular weight excluding hydrogens is 328 g/mol. The van der Waals surface area contributed by atoms with Crippen molar-refractivity contribution in [3.63, 3.8) is 0 Å². The van der Waals surface area contributed by atoms with Crippen LogP contribution in [-0.4, -0.2) is 17.2 Å². The van der Waals surface area contributed by atoms with Gasteiger partial charge in [-0.3, -0.25) is 4.79 Å². The van der Waals surface area contributed by atoms with E-state index in [1.807, 2.05) is 31.4 Å². The molecule has 3 rings (SSSR count). The van der Waals surface area contributed by atoms with E-state index in [1.54, 1.807) is 18.3 Å². The molecule has 0 atom stereocenters. The molecule has 0 saturated carbocycles. The molecule has 1 heterocycles. The van der Waals surface area contributed by atoms with Gasteiger partial charge in [0.2, 0.25) is 11.4 Å². The zero-order chi connectivity index (χ0) is 18.5. The van der Waals surface area contributed by atoms with Gasteiger partial charge in [-0.05, 0) is 12.1 Å². The monoisotopic (exact) mass is 349 g/mol. The van der Waals surface area contributed by atoms with Gasteiger partial charge in [0.25, 0.3) is 0 Å². The number of aromatic hydroxyl groups is 1. The molecule has 26 heavy (non-hydrogen) atoms. The molecule has 0 spiro atoms. The fourth-order valence-electron chi connectivity index (χ4n) is 2.74. The highest BCUT2D eigenvalue weighted by molar-refractivity contribution is 5.96. The van der Waals surface area contributed by atoms with Crippen LogP contribution in [0.25, 0.3) is 10.9 Å². The Bertz CT molecular complexity index is 983. The molecule has 6 heteroatoms. The van der Waals surface area contributed by atoms with Crippen LogP contribution in [0.1, 0.15) is 18.1 Å². The van der Waals surface area contributed by atoms with Crippen molar-refractivity contribution in [2.45, 2.75) is 13.5 Å². The topological polar surface area (TPSA) is 77.6 Å². The summed E-state index contributed by atoms with van der Waals surface area (Å²) in [6, 6.07) is 15.2. The number of aromatic nitrogens is 1. The van der Waals surface area contributed by atoms with E-state index in [4.69, 9.17) is 0 Å². The van der Waals surface area contributed by atoms with Crippen LogP contribution in [0.5, 0.6) is 5.75 Å². The van der Waals surface area contributed by atoms with E-state index in [-0.39, 0.29) is 11.7 Å². The van der Waals surface area contributed by atoms with Crippen molar-refractivity contribution < 1.29 is 14.5 Å². The molecule has 0 aliphatic heterocycles. The number of nitrogens with one attached hydrogen (secondary N) is 2. The standard InChI is InChI=1S/C20H20N4O2/c1-14(25)23-17-8-7-16(20(26)11-17)13-22-21-12-15-9-10-24(2)19-6-4-3-5-18(15)19/h3-12H,13H2,1-2H3,(H2,23,25,26)/p+1. The van der Waals surface area contributed by atoms with Gasteiger partial charge < -0.3 is 15.8 Å². The van der Waals surface area contributed by atoms with Gasteiger partial charge in [-0.25, -0.2) is 4.57 Å². The molecule has 1 aromatic heterocycles. The van der Waals surface area contributed by atoms with Gasteiger partial charge in [0, 0.05) is 41.9 Å². The summed E-state index contributed by atoms with van der Waals surface area (Å²) in [5.41, 5.74) is 6.34. The normalized spacial score (nSPS) is 11.0. The molecule has 1 amide bonds. The second kappa shape index (κ2) is 7.65. The number of carbonyl (C=O) groups is 1. The second-order valence-corrected chi connectivity index (χ2v) is 6.02. The summed E-state index contributed by atoms with van der Waals surface area (Å²) in [6.45, 7) is 1.80. The van der Waals surface area contributed by atoms with Crippen LogP contribution in [0, 0.1) is 0 Å². The third-order valence-corrected chi connectivity index (χ3v) is 4.04. The number of amides is 1. The number of nitrogens with zero attached hydrogens (tertiary/aromatic N) is 2. The third kappa shape index (κ3) is 3.97. The minimum atomic E-state index is -0.177. The van der Waals surface area contributed by atoms with E-state index in [0.717, 1.165) is 16.5 Å². The van der Waals surface area contributed by atoms with E-state index >= 15 is 0 Å². The number of pyridine rings is 1. The first kappa shape index (κ1) is 17.4. The van der Waals surface area contributed by atoms with Crippen LogP contribution >= 0.6 is 0 Å². The molecule has 0 radical (unpaired) electrons. The Morgan fingerprint density at radius 2 is 2.04 bits per heavy atom. The minimum absolute atomic E-state index is 0.108. The Balaban J connectivity index is 1.69. The van der Waals surface area contributed by atoms with Gasteiger partial charge >= 0.3 is 0 Å². The summed E-state index contributed by atoms with van der Waals surface area (Å²) < 4.78 is 2.06. The van der Waals surface area contributed by atoms with Gasteiger partial charge in [-0.15, -0.1) is 0 Å². The Morgan fingerprint density at radius 3 is 2.81 bits per heavy atom. The van der Waals surface area contributed by atoms with Crippen molar-refractivity contribution in [3.8, 4) is 5.75 Å². The summed E-state index contributed by atoms with van der Waals surface area (Å²) in [5.74, 6) is -0.0699. The van der Waals surface area contributed by atoms with Crippen molar-refractivity contribution >= 4 is 28.7 Å². The first-order valence-corrected chi connectivity index (χ1v) is 8.27. The van der Waals surface area contributed by atoms with Gasteiger partial charge in [0.15, 0.2) is 6.20 Å². The highest BCUT2D eigenvalue weighted by Gasteiger charge is 2.07. The number of hydrogen-bond donors (Lipinski definition) is 3. The van der Waals surface area contributed by atoms with Crippen molar-refractivity contribution in [2.75, 3.05) is 5.32 Å². The molecule has 0 unspecified atom stereocenters. The maximum Gasteiger partial charge on any atom is 0.221 e. The fourth-order valence-corrected chi connectivity index (χ4v) is 2.74. The molecule has 0 aliphatic rings. The zero-order valence-electron chi connectivity index (χ0n) is 14.7. The molecule has 2 aromatic carbocycles. The molecular formula is C20H21N4O2+. The summed E-state index contributed by atoms with van der Waals surface area (Å²) >= 11 is 0. The second-order valence-electron chi connectivity index (χ2n) is 6.02. The largest absolute Gasteiger partial charge is 0.508 e. The molecule has 3 aromatic rings. The number of para-hydroxylation sites is 1. The van der Waals surface area contributed by atoms with E-state index in [2.05, 4.69) is 32.5 Å². The number of phenolic OH excluding ortho intramolecular Hbond substituents is 1. The Morgan fingerprint density at radius 1 is 1.23 bits per heavy atom. The lowest BCUT2D eigenvalue weighted by atomic mass is 10.1. The number of carbonyl (C=O) groups excluding carboxylic acids is 1. The number of rotatable bonds is 5. The van der Waals surface area contributed by atoms with Gasteiger partial charge in [-0.1, -0.05) is 18.2 Å².